The van der Waals surface area contributed by atoms with E-state index in [9.17, 15) is 14.4 Å². The summed E-state index contributed by atoms with van der Waals surface area (Å²) in [6.07, 6.45) is 10.1. The Kier molecular flexibility index (Phi) is 13.0. The van der Waals surface area contributed by atoms with Gasteiger partial charge in [-0.2, -0.15) is 0 Å². The Morgan fingerprint density at radius 3 is 2.44 bits per heavy atom. The van der Waals surface area contributed by atoms with Crippen molar-refractivity contribution in [1.29, 1.82) is 0 Å². The molecule has 0 unspecified atom stereocenters. The van der Waals surface area contributed by atoms with Gasteiger partial charge in [0.05, 0.1) is 24.0 Å². The zero-order valence-electron chi connectivity index (χ0n) is 20.7. The van der Waals surface area contributed by atoms with Crippen molar-refractivity contribution in [1.82, 2.24) is 24.3 Å². The second-order valence-corrected chi connectivity index (χ2v) is 9.98. The third-order valence-corrected chi connectivity index (χ3v) is 7.21. The van der Waals surface area contributed by atoms with E-state index >= 15 is 0 Å². The van der Waals surface area contributed by atoms with Crippen molar-refractivity contribution in [3.8, 4) is 0 Å². The van der Waals surface area contributed by atoms with E-state index in [4.69, 9.17) is 5.73 Å². The zero-order valence-corrected chi connectivity index (χ0v) is 21.5. The summed E-state index contributed by atoms with van der Waals surface area (Å²) in [7, 11) is 3.94. The van der Waals surface area contributed by atoms with E-state index < -0.39 is 0 Å². The summed E-state index contributed by atoms with van der Waals surface area (Å²) in [6.45, 7) is 6.08. The molecule has 11 heteroatoms. The first-order valence-corrected chi connectivity index (χ1v) is 12.9. The molecule has 0 aliphatic carbocycles. The van der Waals surface area contributed by atoms with Gasteiger partial charge in [0.25, 0.3) is 0 Å². The number of nitrogens with zero attached hydrogens (tertiary/aromatic N) is 5. The highest BCUT2D eigenvalue weighted by molar-refractivity contribution is 7.95. The van der Waals surface area contributed by atoms with Gasteiger partial charge in [0, 0.05) is 71.9 Å². The summed E-state index contributed by atoms with van der Waals surface area (Å²) in [4.78, 5) is 40.3. The van der Waals surface area contributed by atoms with Crippen molar-refractivity contribution < 1.29 is 14.4 Å². The van der Waals surface area contributed by atoms with Gasteiger partial charge in [0.2, 0.25) is 18.2 Å². The molecule has 2 rings (SSSR count). The van der Waals surface area contributed by atoms with Crippen LogP contribution in [0.3, 0.4) is 0 Å². The fourth-order valence-electron chi connectivity index (χ4n) is 4.24. The maximum absolute atomic E-state index is 12.4. The van der Waals surface area contributed by atoms with Crippen LogP contribution in [-0.2, 0) is 14.4 Å². The highest BCUT2D eigenvalue weighted by Gasteiger charge is 2.22. The minimum Gasteiger partial charge on any atom is -0.403 e. The highest BCUT2D eigenvalue weighted by atomic mass is 32.2. The number of carbonyl (C=O) groups is 3. The van der Waals surface area contributed by atoms with E-state index in [0.717, 1.165) is 65.0 Å². The molecule has 0 radical (unpaired) electrons. The first-order valence-electron chi connectivity index (χ1n) is 12.2. The van der Waals surface area contributed by atoms with Crippen molar-refractivity contribution in [2.45, 2.75) is 44.9 Å². The Morgan fingerprint density at radius 1 is 1.09 bits per heavy atom. The second kappa shape index (κ2) is 15.7. The third kappa shape index (κ3) is 10.4. The summed E-state index contributed by atoms with van der Waals surface area (Å²) in [6, 6.07) is 0. The van der Waals surface area contributed by atoms with E-state index in [1.165, 1.54) is 24.8 Å². The van der Waals surface area contributed by atoms with E-state index in [0.29, 0.717) is 36.9 Å². The number of hydrogen-bond donors (Lipinski definition) is 2. The molecule has 10 nitrogen and oxygen atoms in total. The van der Waals surface area contributed by atoms with E-state index in [1.54, 1.807) is 6.21 Å². The fourth-order valence-corrected chi connectivity index (χ4v) is 4.91. The lowest BCUT2D eigenvalue weighted by molar-refractivity contribution is -0.132. The maximum Gasteiger partial charge on any atom is 0.228 e. The molecule has 192 valence electrons. The number of piperidine rings is 2. The number of nitrogens with one attached hydrogen (secondary N) is 1. The Labute approximate surface area is 208 Å². The summed E-state index contributed by atoms with van der Waals surface area (Å²) in [5, 5.41) is 2.12. The van der Waals surface area contributed by atoms with Crippen LogP contribution in [-0.4, -0.2) is 103 Å². The fraction of sp³-hybridized carbons (Fsp3) is 0.739. The first kappa shape index (κ1) is 28.1. The van der Waals surface area contributed by atoms with Gasteiger partial charge in [-0.3, -0.25) is 19.7 Å². The number of nitrogens with two attached hydrogens (primary N) is 1. The Hall–Kier alpha value is -2.11. The summed E-state index contributed by atoms with van der Waals surface area (Å²) < 4.78 is 6.70. The molecule has 0 spiro atoms. The molecule has 2 aliphatic heterocycles. The van der Waals surface area contributed by atoms with Gasteiger partial charge in [-0.25, -0.2) is 8.70 Å². The zero-order chi connectivity index (χ0) is 24.8. The van der Waals surface area contributed by atoms with Crippen LogP contribution in [0.2, 0.25) is 0 Å². The topological polar surface area (TPSA) is 115 Å². The highest BCUT2D eigenvalue weighted by Crippen LogP contribution is 2.24. The number of amides is 3. The van der Waals surface area contributed by atoms with Gasteiger partial charge in [0.1, 0.15) is 0 Å². The Morgan fingerprint density at radius 2 is 1.79 bits per heavy atom. The van der Waals surface area contributed by atoms with Crippen LogP contribution in [0.1, 0.15) is 44.9 Å². The van der Waals surface area contributed by atoms with Crippen LogP contribution in [0, 0.1) is 5.92 Å². The Bertz CT molecular complexity index is 705. The quantitative estimate of drug-likeness (QED) is 0.221. The van der Waals surface area contributed by atoms with Crippen molar-refractivity contribution >= 4 is 36.6 Å². The van der Waals surface area contributed by atoms with Crippen LogP contribution in [0.4, 0.5) is 0 Å². The molecule has 3 amide bonds. The van der Waals surface area contributed by atoms with Crippen LogP contribution in [0.15, 0.2) is 16.3 Å². The van der Waals surface area contributed by atoms with Crippen LogP contribution >= 0.6 is 12.1 Å². The third-order valence-electron chi connectivity index (χ3n) is 6.41. The van der Waals surface area contributed by atoms with Gasteiger partial charge >= 0.3 is 0 Å². The summed E-state index contributed by atoms with van der Waals surface area (Å²) in [5.41, 5.74) is 6.42. The van der Waals surface area contributed by atoms with Crippen molar-refractivity contribution in [3.63, 3.8) is 0 Å². The molecule has 2 heterocycles. The number of hydrogen-bond acceptors (Lipinski definition) is 9. The molecule has 0 saturated carbocycles. The molecule has 2 fully saturated rings. The summed E-state index contributed by atoms with van der Waals surface area (Å²) >= 11 is 1.43. The molecule has 0 aromatic rings. The van der Waals surface area contributed by atoms with Gasteiger partial charge in [-0.1, -0.05) is 0 Å². The molecule has 2 aliphatic rings. The van der Waals surface area contributed by atoms with Crippen LogP contribution in [0.5, 0.6) is 0 Å². The van der Waals surface area contributed by atoms with E-state index in [-0.39, 0.29) is 12.3 Å². The predicted octanol–water partition coefficient (Wildman–Crippen LogP) is 1.06. The van der Waals surface area contributed by atoms with E-state index in [1.807, 2.05) is 16.8 Å². The monoisotopic (exact) mass is 495 g/mol. The van der Waals surface area contributed by atoms with Gasteiger partial charge < -0.3 is 20.4 Å². The number of carbonyl (C=O) groups excluding carboxylic acids is 3. The largest absolute Gasteiger partial charge is 0.403 e. The average molecular weight is 496 g/mol. The van der Waals surface area contributed by atoms with Crippen LogP contribution in [0.25, 0.3) is 0 Å². The standard InChI is InChI=1S/C23H41N7O3S/c1-27(12-9-23(33)29-10-4-3-5-11-29)18-20-6-14-30(15-7-20)34-26-17-21(16-24)28(2)13-8-22(32)25-19-31/h16-17,19-20H,3-15,18,24H2,1-2H3,(H,25,31,32). The molecule has 3 N–H and O–H groups in total. The van der Waals surface area contributed by atoms with Crippen molar-refractivity contribution in [2.75, 3.05) is 59.9 Å². The minimum atomic E-state index is -0.327. The van der Waals surface area contributed by atoms with Gasteiger partial charge in [0.15, 0.2) is 0 Å². The lowest BCUT2D eigenvalue weighted by atomic mass is 9.97. The molecule has 0 aromatic heterocycles. The molecule has 0 aromatic carbocycles. The molecule has 0 bridgehead atoms. The first-order chi connectivity index (χ1) is 16.4. The van der Waals surface area contributed by atoms with Crippen LogP contribution < -0.4 is 11.1 Å². The van der Waals surface area contributed by atoms with Crippen molar-refractivity contribution in [3.05, 3.63) is 11.9 Å². The normalized spacial score (nSPS) is 18.4. The van der Waals surface area contributed by atoms with Gasteiger partial charge in [-0.05, 0) is 45.1 Å². The molecule has 34 heavy (non-hydrogen) atoms. The van der Waals surface area contributed by atoms with E-state index in [2.05, 4.69) is 26.0 Å². The molecule has 0 atom stereocenters. The smallest absolute Gasteiger partial charge is 0.228 e. The second-order valence-electron chi connectivity index (χ2n) is 9.09. The lowest BCUT2D eigenvalue weighted by Crippen LogP contribution is -2.39. The number of allylic oxidation sites excluding steroid dienone is 1. The SMILES string of the molecule is CN(CCC(=O)N1CCCCC1)CC1CCN(SN=CC(=CN)N(C)CCC(=O)NC=O)CC1. The molecule has 2 saturated heterocycles. The lowest BCUT2D eigenvalue weighted by Gasteiger charge is -2.32. The minimum absolute atomic E-state index is 0.196. The maximum atomic E-state index is 12.4. The van der Waals surface area contributed by atoms with Gasteiger partial charge in [-0.15, -0.1) is 0 Å². The Balaban J connectivity index is 1.62. The average Bonchev–Trinajstić information content (AvgIpc) is 2.85. The van der Waals surface area contributed by atoms with Crippen molar-refractivity contribution in [2.24, 2.45) is 16.0 Å². The predicted molar refractivity (Wildman–Crippen MR) is 137 cm³/mol. The number of likely N-dealkylation sites (tertiary alicyclic amines) is 1. The molecular weight excluding hydrogens is 454 g/mol. The summed E-state index contributed by atoms with van der Waals surface area (Å²) in [5.74, 6) is 0.613. The number of imide groups is 1. The molecular formula is C23H41N7O3S. The number of rotatable bonds is 13.